The molecule has 0 saturated heterocycles. The molecule has 1 heterocycles. The second-order valence-corrected chi connectivity index (χ2v) is 8.43. The summed E-state index contributed by atoms with van der Waals surface area (Å²) in [6.45, 7) is 13.0. The van der Waals surface area contributed by atoms with Gasteiger partial charge in [0.1, 0.15) is 5.60 Å². The van der Waals surface area contributed by atoms with Gasteiger partial charge in [0.15, 0.2) is 0 Å². The predicted molar refractivity (Wildman–Crippen MR) is 94.7 cm³/mol. The number of benzene rings is 1. The van der Waals surface area contributed by atoms with E-state index in [1.54, 1.807) is 4.90 Å². The fourth-order valence-electron chi connectivity index (χ4n) is 2.80. The standard InChI is InChI=1S/C18H26BrNO2/c1-7-12-10-13-15(11-14(12)19)20(9-8-18(13,5)6)16(21)22-17(2,3)4/h10-11H,7-9H2,1-6H3. The molecule has 0 radical (unpaired) electrons. The Hall–Kier alpha value is -1.03. The number of carbonyl (C=O) groups is 1. The maximum absolute atomic E-state index is 12.5. The molecule has 0 bridgehead atoms. The van der Waals surface area contributed by atoms with Gasteiger partial charge in [-0.3, -0.25) is 4.90 Å². The molecule has 0 atom stereocenters. The lowest BCUT2D eigenvalue weighted by Crippen LogP contribution is -2.43. The molecule has 1 aliphatic rings. The van der Waals surface area contributed by atoms with Crippen LogP contribution in [-0.2, 0) is 16.6 Å². The molecule has 1 aromatic rings. The summed E-state index contributed by atoms with van der Waals surface area (Å²) < 4.78 is 6.63. The Morgan fingerprint density at radius 1 is 1.36 bits per heavy atom. The van der Waals surface area contributed by atoms with Crippen molar-refractivity contribution in [1.29, 1.82) is 0 Å². The van der Waals surface area contributed by atoms with Crippen molar-refractivity contribution >= 4 is 27.7 Å². The van der Waals surface area contributed by atoms with Crippen LogP contribution in [0, 0.1) is 0 Å². The molecule has 0 aromatic heterocycles. The number of hydrogen-bond donors (Lipinski definition) is 0. The first-order chi connectivity index (χ1) is 10.0. The zero-order valence-corrected chi connectivity index (χ0v) is 16.0. The molecule has 0 saturated carbocycles. The smallest absolute Gasteiger partial charge is 0.414 e. The summed E-state index contributed by atoms with van der Waals surface area (Å²) in [6.07, 6.45) is 1.64. The third-order valence-corrected chi connectivity index (χ3v) is 4.88. The Kier molecular flexibility index (Phi) is 4.63. The zero-order valence-electron chi connectivity index (χ0n) is 14.4. The number of aryl methyl sites for hydroxylation is 1. The molecule has 1 amide bonds. The van der Waals surface area contributed by atoms with E-state index in [1.807, 2.05) is 20.8 Å². The van der Waals surface area contributed by atoms with Crippen LogP contribution >= 0.6 is 15.9 Å². The number of rotatable bonds is 1. The van der Waals surface area contributed by atoms with Gasteiger partial charge in [-0.05, 0) is 56.2 Å². The van der Waals surface area contributed by atoms with E-state index in [0.717, 1.165) is 23.0 Å². The molecule has 122 valence electrons. The molecule has 0 aliphatic carbocycles. The largest absolute Gasteiger partial charge is 0.443 e. The van der Waals surface area contributed by atoms with E-state index in [0.29, 0.717) is 6.54 Å². The summed E-state index contributed by atoms with van der Waals surface area (Å²) >= 11 is 3.63. The minimum Gasteiger partial charge on any atom is -0.443 e. The van der Waals surface area contributed by atoms with Crippen molar-refractivity contribution in [1.82, 2.24) is 0 Å². The Labute approximate surface area is 142 Å². The topological polar surface area (TPSA) is 29.5 Å². The van der Waals surface area contributed by atoms with Gasteiger partial charge in [-0.2, -0.15) is 0 Å². The van der Waals surface area contributed by atoms with Gasteiger partial charge < -0.3 is 4.74 Å². The summed E-state index contributed by atoms with van der Waals surface area (Å²) in [6, 6.07) is 4.30. The van der Waals surface area contributed by atoms with Crippen molar-refractivity contribution < 1.29 is 9.53 Å². The number of anilines is 1. The molecule has 0 unspecified atom stereocenters. The van der Waals surface area contributed by atoms with E-state index in [2.05, 4.69) is 48.8 Å². The number of hydrogen-bond acceptors (Lipinski definition) is 2. The van der Waals surface area contributed by atoms with Crippen LogP contribution in [0.3, 0.4) is 0 Å². The summed E-state index contributed by atoms with van der Waals surface area (Å²) in [5.41, 5.74) is 3.06. The van der Waals surface area contributed by atoms with Crippen molar-refractivity contribution in [2.75, 3.05) is 11.4 Å². The second-order valence-electron chi connectivity index (χ2n) is 7.58. The monoisotopic (exact) mass is 367 g/mol. The van der Waals surface area contributed by atoms with E-state index in [4.69, 9.17) is 4.74 Å². The van der Waals surface area contributed by atoms with Crippen LogP contribution in [-0.4, -0.2) is 18.2 Å². The van der Waals surface area contributed by atoms with Crippen molar-refractivity contribution in [3.05, 3.63) is 27.7 Å². The van der Waals surface area contributed by atoms with E-state index in [1.165, 1.54) is 11.1 Å². The minimum atomic E-state index is -0.481. The Bertz CT molecular complexity index is 587. The average Bonchev–Trinajstić information content (AvgIpc) is 2.35. The molecule has 1 aromatic carbocycles. The van der Waals surface area contributed by atoms with Gasteiger partial charge in [-0.1, -0.05) is 42.8 Å². The first-order valence-electron chi connectivity index (χ1n) is 7.88. The maximum atomic E-state index is 12.5. The van der Waals surface area contributed by atoms with E-state index >= 15 is 0 Å². The first-order valence-corrected chi connectivity index (χ1v) is 8.68. The fourth-order valence-corrected chi connectivity index (χ4v) is 3.41. The Balaban J connectivity index is 2.47. The van der Waals surface area contributed by atoms with Gasteiger partial charge in [0.05, 0.1) is 5.69 Å². The van der Waals surface area contributed by atoms with Crippen LogP contribution in [0.2, 0.25) is 0 Å². The number of halogens is 1. The highest BCUT2D eigenvalue weighted by molar-refractivity contribution is 9.10. The summed E-state index contributed by atoms with van der Waals surface area (Å²) in [5, 5.41) is 0. The van der Waals surface area contributed by atoms with Gasteiger partial charge >= 0.3 is 6.09 Å². The molecular formula is C18H26BrNO2. The minimum absolute atomic E-state index is 0.0679. The number of fused-ring (bicyclic) bond motifs is 1. The highest BCUT2D eigenvalue weighted by Gasteiger charge is 2.36. The zero-order chi connectivity index (χ0) is 16.7. The number of carbonyl (C=O) groups excluding carboxylic acids is 1. The fraction of sp³-hybridized carbons (Fsp3) is 0.611. The lowest BCUT2D eigenvalue weighted by Gasteiger charge is -2.40. The second kappa shape index (κ2) is 5.88. The molecular weight excluding hydrogens is 342 g/mol. The highest BCUT2D eigenvalue weighted by atomic mass is 79.9. The molecule has 2 rings (SSSR count). The maximum Gasteiger partial charge on any atom is 0.414 e. The lowest BCUT2D eigenvalue weighted by molar-refractivity contribution is 0.0574. The summed E-state index contributed by atoms with van der Waals surface area (Å²) in [5.74, 6) is 0. The quantitative estimate of drug-likeness (QED) is 0.661. The van der Waals surface area contributed by atoms with Crippen molar-refractivity contribution in [3.63, 3.8) is 0 Å². The SMILES string of the molecule is CCc1cc2c(cc1Br)N(C(=O)OC(C)(C)C)CCC2(C)C. The lowest BCUT2D eigenvalue weighted by atomic mass is 9.77. The van der Waals surface area contributed by atoms with Crippen LogP contribution < -0.4 is 4.90 Å². The number of amides is 1. The number of nitrogens with zero attached hydrogens (tertiary/aromatic N) is 1. The van der Waals surface area contributed by atoms with Crippen molar-refractivity contribution in [2.45, 2.75) is 65.4 Å². The van der Waals surface area contributed by atoms with E-state index in [-0.39, 0.29) is 11.5 Å². The third-order valence-electron chi connectivity index (χ3n) is 4.14. The van der Waals surface area contributed by atoms with Crippen LogP contribution in [0.5, 0.6) is 0 Å². The highest BCUT2D eigenvalue weighted by Crippen LogP contribution is 2.42. The average molecular weight is 368 g/mol. The predicted octanol–water partition coefficient (Wildman–Crippen LogP) is 5.43. The van der Waals surface area contributed by atoms with Crippen LogP contribution in [0.25, 0.3) is 0 Å². The van der Waals surface area contributed by atoms with Gasteiger partial charge in [0.25, 0.3) is 0 Å². The van der Waals surface area contributed by atoms with Crippen LogP contribution in [0.4, 0.5) is 10.5 Å². The van der Waals surface area contributed by atoms with Crippen molar-refractivity contribution in [2.24, 2.45) is 0 Å². The Morgan fingerprint density at radius 2 is 2.00 bits per heavy atom. The molecule has 3 nitrogen and oxygen atoms in total. The first kappa shape index (κ1) is 17.3. The molecule has 0 N–H and O–H groups in total. The van der Waals surface area contributed by atoms with Gasteiger partial charge in [-0.25, -0.2) is 4.79 Å². The van der Waals surface area contributed by atoms with Gasteiger partial charge in [-0.15, -0.1) is 0 Å². The summed E-state index contributed by atoms with van der Waals surface area (Å²) in [4.78, 5) is 14.3. The van der Waals surface area contributed by atoms with Crippen molar-refractivity contribution in [3.8, 4) is 0 Å². The molecule has 1 aliphatic heterocycles. The molecule has 0 fully saturated rings. The van der Waals surface area contributed by atoms with Crippen LogP contribution in [0.15, 0.2) is 16.6 Å². The molecule has 4 heteroatoms. The normalized spacial score (nSPS) is 17.1. The number of ether oxygens (including phenoxy) is 1. The van der Waals surface area contributed by atoms with Crippen LogP contribution in [0.1, 0.15) is 59.1 Å². The van der Waals surface area contributed by atoms with Gasteiger partial charge in [0.2, 0.25) is 0 Å². The molecule has 22 heavy (non-hydrogen) atoms. The summed E-state index contributed by atoms with van der Waals surface area (Å²) in [7, 11) is 0. The van der Waals surface area contributed by atoms with Gasteiger partial charge in [0, 0.05) is 11.0 Å². The third kappa shape index (κ3) is 3.48. The Morgan fingerprint density at radius 3 is 2.55 bits per heavy atom. The van der Waals surface area contributed by atoms with E-state index in [9.17, 15) is 4.79 Å². The van der Waals surface area contributed by atoms with E-state index < -0.39 is 5.60 Å². The molecule has 0 spiro atoms.